The number of methoxy groups -OCH3 is 1. The van der Waals surface area contributed by atoms with Gasteiger partial charge in [0.2, 0.25) is 10.0 Å². The number of aromatic amines is 1. The minimum Gasteiger partial charge on any atom is -0.497 e. The average Bonchev–Trinajstić information content (AvgIpc) is 2.93. The molecule has 0 spiro atoms. The number of ether oxygens (including phenoxy) is 1. The van der Waals surface area contributed by atoms with Crippen molar-refractivity contribution in [2.24, 2.45) is 0 Å². The summed E-state index contributed by atoms with van der Waals surface area (Å²) in [5, 5.41) is 0. The van der Waals surface area contributed by atoms with Crippen LogP contribution in [0.1, 0.15) is 18.5 Å². The maximum absolute atomic E-state index is 12.5. The first kappa shape index (κ1) is 16.3. The van der Waals surface area contributed by atoms with E-state index in [-0.39, 0.29) is 10.5 Å². The Labute approximate surface area is 138 Å². The number of aromatic nitrogens is 1. The van der Waals surface area contributed by atoms with E-state index < -0.39 is 21.8 Å². The molecule has 7 nitrogen and oxygen atoms in total. The number of oxazole rings is 1. The molecule has 126 valence electrons. The lowest BCUT2D eigenvalue weighted by atomic mass is 10.1. The number of hydrogen-bond donors (Lipinski definition) is 2. The van der Waals surface area contributed by atoms with Crippen LogP contribution in [0.25, 0.3) is 11.1 Å². The highest BCUT2D eigenvalue weighted by atomic mass is 32.2. The molecular formula is C16H16N2O5S. The molecule has 1 heterocycles. The normalized spacial score (nSPS) is 13.1. The fraction of sp³-hybridized carbons (Fsp3) is 0.188. The molecule has 0 amide bonds. The third-order valence-electron chi connectivity index (χ3n) is 3.65. The summed E-state index contributed by atoms with van der Waals surface area (Å²) >= 11 is 0. The molecule has 8 heteroatoms. The number of sulfonamides is 1. The highest BCUT2D eigenvalue weighted by Crippen LogP contribution is 2.21. The van der Waals surface area contributed by atoms with Gasteiger partial charge in [-0.3, -0.25) is 4.98 Å². The van der Waals surface area contributed by atoms with Crippen LogP contribution >= 0.6 is 0 Å². The van der Waals surface area contributed by atoms with Gasteiger partial charge in [0.1, 0.15) is 5.75 Å². The zero-order valence-electron chi connectivity index (χ0n) is 13.1. The molecule has 0 fully saturated rings. The van der Waals surface area contributed by atoms with Gasteiger partial charge in [0, 0.05) is 12.1 Å². The zero-order valence-corrected chi connectivity index (χ0v) is 13.9. The van der Waals surface area contributed by atoms with Crippen LogP contribution in [-0.2, 0) is 10.0 Å². The van der Waals surface area contributed by atoms with Gasteiger partial charge < -0.3 is 9.15 Å². The highest BCUT2D eigenvalue weighted by Gasteiger charge is 2.19. The predicted octanol–water partition coefficient (Wildman–Crippen LogP) is 2.17. The molecule has 2 N–H and O–H groups in total. The maximum atomic E-state index is 12.5. The lowest BCUT2D eigenvalue weighted by Gasteiger charge is -2.15. The van der Waals surface area contributed by atoms with Gasteiger partial charge in [0.05, 0.1) is 17.5 Å². The van der Waals surface area contributed by atoms with Crippen molar-refractivity contribution in [1.82, 2.24) is 9.71 Å². The van der Waals surface area contributed by atoms with E-state index in [0.717, 1.165) is 5.56 Å². The Kier molecular flexibility index (Phi) is 4.16. The van der Waals surface area contributed by atoms with Crippen LogP contribution in [0.5, 0.6) is 5.75 Å². The van der Waals surface area contributed by atoms with E-state index in [1.165, 1.54) is 18.2 Å². The van der Waals surface area contributed by atoms with Crippen LogP contribution in [0.4, 0.5) is 0 Å². The summed E-state index contributed by atoms with van der Waals surface area (Å²) in [4.78, 5) is 13.7. The largest absolute Gasteiger partial charge is 0.497 e. The molecular weight excluding hydrogens is 332 g/mol. The van der Waals surface area contributed by atoms with E-state index in [1.54, 1.807) is 38.3 Å². The first-order valence-corrected chi connectivity index (χ1v) is 8.66. The summed E-state index contributed by atoms with van der Waals surface area (Å²) in [6, 6.07) is 10.9. The molecule has 0 radical (unpaired) electrons. The van der Waals surface area contributed by atoms with E-state index in [0.29, 0.717) is 11.3 Å². The molecule has 3 aromatic rings. The first-order valence-electron chi connectivity index (χ1n) is 7.18. The van der Waals surface area contributed by atoms with Crippen molar-refractivity contribution < 1.29 is 17.6 Å². The Hall–Kier alpha value is -2.58. The molecule has 2 aromatic carbocycles. The fourth-order valence-electron chi connectivity index (χ4n) is 2.35. The fourth-order valence-corrected chi connectivity index (χ4v) is 3.60. The quantitative estimate of drug-likeness (QED) is 0.736. The number of fused-ring (bicyclic) bond motifs is 1. The van der Waals surface area contributed by atoms with Crippen molar-refractivity contribution in [3.8, 4) is 5.75 Å². The third-order valence-corrected chi connectivity index (χ3v) is 5.19. The van der Waals surface area contributed by atoms with Crippen molar-refractivity contribution in [2.75, 3.05) is 7.11 Å². The van der Waals surface area contributed by atoms with E-state index in [9.17, 15) is 13.2 Å². The van der Waals surface area contributed by atoms with Gasteiger partial charge in [0.15, 0.2) is 5.58 Å². The predicted molar refractivity (Wildman–Crippen MR) is 88.6 cm³/mol. The standard InChI is InChI=1S/C16H16N2O5S/c1-10(11-3-5-12(22-2)6-4-11)18-24(20,21)13-7-8-14-15(9-13)23-16(19)17-14/h3-10,18H,1-2H3,(H,17,19)/t10-/m1/s1. The van der Waals surface area contributed by atoms with Gasteiger partial charge in [-0.05, 0) is 36.8 Å². The second-order valence-corrected chi connectivity index (χ2v) is 7.00. The molecule has 0 unspecified atom stereocenters. The van der Waals surface area contributed by atoms with Gasteiger partial charge in [-0.25, -0.2) is 17.9 Å². The van der Waals surface area contributed by atoms with E-state index >= 15 is 0 Å². The minimum absolute atomic E-state index is 0.0260. The number of nitrogens with one attached hydrogen (secondary N) is 2. The third kappa shape index (κ3) is 3.19. The van der Waals surface area contributed by atoms with E-state index in [4.69, 9.17) is 9.15 Å². The molecule has 1 atom stereocenters. The molecule has 0 aliphatic heterocycles. The van der Waals surface area contributed by atoms with Crippen molar-refractivity contribution in [3.63, 3.8) is 0 Å². The molecule has 0 aliphatic carbocycles. The summed E-state index contributed by atoms with van der Waals surface area (Å²) < 4.78 is 37.6. The van der Waals surface area contributed by atoms with Crippen LogP contribution in [0.3, 0.4) is 0 Å². The summed E-state index contributed by atoms with van der Waals surface area (Å²) in [5.41, 5.74) is 1.44. The smallest absolute Gasteiger partial charge is 0.417 e. The minimum atomic E-state index is -3.76. The molecule has 0 aliphatic rings. The van der Waals surface area contributed by atoms with Crippen LogP contribution in [0, 0.1) is 0 Å². The summed E-state index contributed by atoms with van der Waals surface area (Å²) in [6.45, 7) is 1.74. The SMILES string of the molecule is COc1ccc([C@@H](C)NS(=O)(=O)c2ccc3[nH]c(=O)oc3c2)cc1. The van der Waals surface area contributed by atoms with Gasteiger partial charge in [-0.15, -0.1) is 0 Å². The summed E-state index contributed by atoms with van der Waals surface area (Å²) in [6.07, 6.45) is 0. The molecule has 0 saturated heterocycles. The van der Waals surface area contributed by atoms with Crippen molar-refractivity contribution >= 4 is 21.1 Å². The summed E-state index contributed by atoms with van der Waals surface area (Å²) in [5.74, 6) is 0.0702. The number of benzene rings is 2. The maximum Gasteiger partial charge on any atom is 0.417 e. The Morgan fingerprint density at radius 3 is 2.54 bits per heavy atom. The lowest BCUT2D eigenvalue weighted by molar-refractivity contribution is 0.414. The number of hydrogen-bond acceptors (Lipinski definition) is 5. The van der Waals surface area contributed by atoms with Gasteiger partial charge in [-0.2, -0.15) is 0 Å². The van der Waals surface area contributed by atoms with Crippen molar-refractivity contribution in [2.45, 2.75) is 17.9 Å². The summed E-state index contributed by atoms with van der Waals surface area (Å²) in [7, 11) is -2.20. The van der Waals surface area contributed by atoms with E-state index in [2.05, 4.69) is 9.71 Å². The highest BCUT2D eigenvalue weighted by molar-refractivity contribution is 7.89. The first-order chi connectivity index (χ1) is 11.4. The monoisotopic (exact) mass is 348 g/mol. The van der Waals surface area contributed by atoms with Crippen molar-refractivity contribution in [1.29, 1.82) is 0 Å². The molecule has 24 heavy (non-hydrogen) atoms. The van der Waals surface area contributed by atoms with Crippen LogP contribution in [-0.4, -0.2) is 20.5 Å². The van der Waals surface area contributed by atoms with Crippen LogP contribution in [0.15, 0.2) is 56.6 Å². The molecule has 0 saturated carbocycles. The Morgan fingerprint density at radius 2 is 1.88 bits per heavy atom. The van der Waals surface area contributed by atoms with Crippen LogP contribution < -0.4 is 15.2 Å². The number of H-pyrrole nitrogens is 1. The van der Waals surface area contributed by atoms with Crippen molar-refractivity contribution in [3.05, 3.63) is 58.6 Å². The Morgan fingerprint density at radius 1 is 1.17 bits per heavy atom. The van der Waals surface area contributed by atoms with Gasteiger partial charge in [-0.1, -0.05) is 12.1 Å². The van der Waals surface area contributed by atoms with E-state index in [1.807, 2.05) is 0 Å². The Bertz CT molecular complexity index is 1020. The molecule has 1 aromatic heterocycles. The van der Waals surface area contributed by atoms with Gasteiger partial charge >= 0.3 is 5.76 Å². The second-order valence-electron chi connectivity index (χ2n) is 5.29. The zero-order chi connectivity index (χ0) is 17.3. The van der Waals surface area contributed by atoms with Crippen LogP contribution in [0.2, 0.25) is 0 Å². The average molecular weight is 348 g/mol. The molecule has 3 rings (SSSR count). The number of rotatable bonds is 5. The Balaban J connectivity index is 1.86. The van der Waals surface area contributed by atoms with Gasteiger partial charge in [0.25, 0.3) is 0 Å². The topological polar surface area (TPSA) is 101 Å². The second kappa shape index (κ2) is 6.14. The lowest BCUT2D eigenvalue weighted by Crippen LogP contribution is -2.26. The molecule has 0 bridgehead atoms.